The molecule has 0 aliphatic heterocycles. The first-order chi connectivity index (χ1) is 6.51. The smallest absolute Gasteiger partial charge is 0.327 e. The van der Waals surface area contributed by atoms with Crippen LogP contribution in [0.1, 0.15) is 20.8 Å². The van der Waals surface area contributed by atoms with Crippen molar-refractivity contribution < 1.29 is 22.1 Å². The summed E-state index contributed by atoms with van der Waals surface area (Å²) < 4.78 is 35.4. The lowest BCUT2D eigenvalue weighted by Crippen LogP contribution is -2.34. The molecule has 0 aromatic rings. The fourth-order valence-corrected chi connectivity index (χ4v) is 6.73. The summed E-state index contributed by atoms with van der Waals surface area (Å²) in [7, 11) is -6.42. The molecule has 14 heavy (non-hydrogen) atoms. The first kappa shape index (κ1) is 14.5. The predicted molar refractivity (Wildman–Crippen MR) is 55.0 cm³/mol. The van der Waals surface area contributed by atoms with Crippen molar-refractivity contribution in [3.8, 4) is 0 Å². The Morgan fingerprint density at radius 3 is 1.93 bits per heavy atom. The molecular weight excluding hydrogens is 250 g/mol. The zero-order chi connectivity index (χ0) is 11.2. The molecule has 8 heteroatoms. The minimum Gasteiger partial charge on any atom is -0.327 e. The molecule has 86 valence electrons. The number of phosphoric acid groups is 1. The predicted octanol–water partition coefficient (Wildman–Crippen LogP) is 4.19. The fourth-order valence-electron chi connectivity index (χ4n) is 1.22. The van der Waals surface area contributed by atoms with E-state index in [9.17, 15) is 9.09 Å². The van der Waals surface area contributed by atoms with E-state index in [1.165, 1.54) is 0 Å². The lowest BCUT2D eigenvalue weighted by molar-refractivity contribution is -0.0340. The van der Waals surface area contributed by atoms with Crippen molar-refractivity contribution in [1.82, 2.24) is 0 Å². The molecule has 0 spiro atoms. The van der Waals surface area contributed by atoms with Crippen LogP contribution in [0.25, 0.3) is 0 Å². The van der Waals surface area contributed by atoms with Gasteiger partial charge in [-0.1, -0.05) is 25.5 Å². The highest BCUT2D eigenvalue weighted by Crippen LogP contribution is 2.54. The molecule has 0 rings (SSSR count). The van der Waals surface area contributed by atoms with E-state index in [-0.39, 0.29) is 0 Å². The molecule has 0 aromatic carbocycles. The van der Waals surface area contributed by atoms with Crippen molar-refractivity contribution in [2.45, 2.75) is 38.9 Å². The Balaban J connectivity index is 4.65. The third-order valence-corrected chi connectivity index (χ3v) is 9.56. The SMILES string of the molecule is CC[Si](CC)(CC)OP(=O)(OF)OCl. The van der Waals surface area contributed by atoms with Gasteiger partial charge in [-0.05, 0) is 22.7 Å². The Morgan fingerprint density at radius 2 is 1.71 bits per heavy atom. The number of halogens is 2. The summed E-state index contributed by atoms with van der Waals surface area (Å²) in [5.74, 6) is 0. The van der Waals surface area contributed by atoms with E-state index in [4.69, 9.17) is 16.1 Å². The number of hydrogen-bond donors (Lipinski definition) is 0. The highest BCUT2D eigenvalue weighted by molar-refractivity contribution is 7.51. The van der Waals surface area contributed by atoms with Gasteiger partial charge in [0.25, 0.3) is 0 Å². The second kappa shape index (κ2) is 6.20. The molecule has 0 amide bonds. The van der Waals surface area contributed by atoms with Crippen LogP contribution in [0.15, 0.2) is 0 Å². The molecule has 0 aliphatic carbocycles. The largest absolute Gasteiger partial charge is 0.512 e. The standard InChI is InChI=1S/C6H15ClFO4PSi/c1-4-14(5-2,6-3)12-13(9,10-7)11-8/h4-6H2,1-3H3. The van der Waals surface area contributed by atoms with Crippen LogP contribution in [0.4, 0.5) is 4.53 Å². The monoisotopic (exact) mass is 264 g/mol. The van der Waals surface area contributed by atoms with Crippen LogP contribution in [0.2, 0.25) is 18.1 Å². The second-order valence-corrected chi connectivity index (χ2v) is 9.72. The van der Waals surface area contributed by atoms with Gasteiger partial charge < -0.3 is 4.21 Å². The van der Waals surface area contributed by atoms with Crippen LogP contribution in [-0.4, -0.2) is 8.32 Å². The molecule has 0 bridgehead atoms. The lowest BCUT2D eigenvalue weighted by Gasteiger charge is -2.28. The van der Waals surface area contributed by atoms with E-state index in [1.807, 2.05) is 20.8 Å². The first-order valence-electron chi connectivity index (χ1n) is 4.43. The topological polar surface area (TPSA) is 44.8 Å². The summed E-state index contributed by atoms with van der Waals surface area (Å²) in [6.07, 6.45) is 0. The van der Waals surface area contributed by atoms with E-state index >= 15 is 0 Å². The third-order valence-electron chi connectivity index (χ3n) is 2.41. The van der Waals surface area contributed by atoms with E-state index < -0.39 is 16.1 Å². The molecule has 0 N–H and O–H groups in total. The zero-order valence-electron chi connectivity index (χ0n) is 8.46. The molecular formula is C6H15ClFO4PSi. The summed E-state index contributed by atoms with van der Waals surface area (Å²) >= 11 is 4.85. The van der Waals surface area contributed by atoms with Crippen molar-refractivity contribution in [3.05, 3.63) is 0 Å². The highest BCUT2D eigenvalue weighted by Gasteiger charge is 2.41. The van der Waals surface area contributed by atoms with Gasteiger partial charge in [0.15, 0.2) is 0 Å². The maximum Gasteiger partial charge on any atom is 0.512 e. The molecule has 1 atom stereocenters. The maximum atomic E-state index is 11.9. The van der Waals surface area contributed by atoms with E-state index in [2.05, 4.69) is 8.80 Å². The van der Waals surface area contributed by atoms with Crippen LogP contribution < -0.4 is 0 Å². The van der Waals surface area contributed by atoms with Crippen molar-refractivity contribution in [2.75, 3.05) is 0 Å². The molecule has 0 fully saturated rings. The first-order valence-corrected chi connectivity index (χ1v) is 8.72. The fraction of sp³-hybridized carbons (Fsp3) is 1.00. The van der Waals surface area contributed by atoms with Gasteiger partial charge in [0.2, 0.25) is 8.32 Å². The van der Waals surface area contributed by atoms with Crippen LogP contribution in [0, 0.1) is 0 Å². The molecule has 0 saturated carbocycles. The molecule has 0 aliphatic rings. The van der Waals surface area contributed by atoms with Gasteiger partial charge >= 0.3 is 7.82 Å². The third kappa shape index (κ3) is 3.60. The Morgan fingerprint density at radius 1 is 1.29 bits per heavy atom. The van der Waals surface area contributed by atoms with Gasteiger partial charge in [-0.25, -0.2) is 4.57 Å². The van der Waals surface area contributed by atoms with Crippen molar-refractivity contribution >= 4 is 28.0 Å². The minimum atomic E-state index is -4.19. The summed E-state index contributed by atoms with van der Waals surface area (Å²) in [4.78, 5) is 0. The van der Waals surface area contributed by atoms with Crippen LogP contribution in [-0.2, 0) is 17.6 Å². The van der Waals surface area contributed by atoms with Crippen LogP contribution in [0.5, 0.6) is 0 Å². The average molecular weight is 265 g/mol. The summed E-state index contributed by atoms with van der Waals surface area (Å²) in [6.45, 7) is 5.70. The molecule has 4 nitrogen and oxygen atoms in total. The van der Waals surface area contributed by atoms with Crippen molar-refractivity contribution in [3.63, 3.8) is 0 Å². The lowest BCUT2D eigenvalue weighted by atomic mass is 10.9. The van der Waals surface area contributed by atoms with Crippen molar-refractivity contribution in [1.29, 1.82) is 0 Å². The van der Waals surface area contributed by atoms with Gasteiger partial charge in [0, 0.05) is 0 Å². The normalized spacial score (nSPS) is 16.6. The Bertz CT molecular complexity index is 198. The molecule has 0 aromatic heterocycles. The minimum absolute atomic E-state index is 0.702. The Kier molecular flexibility index (Phi) is 6.44. The van der Waals surface area contributed by atoms with Crippen molar-refractivity contribution in [2.24, 2.45) is 0 Å². The Hall–Kier alpha value is 0.547. The zero-order valence-corrected chi connectivity index (χ0v) is 11.1. The molecule has 0 saturated heterocycles. The maximum absolute atomic E-state index is 11.9. The van der Waals surface area contributed by atoms with E-state index in [1.54, 1.807) is 0 Å². The average Bonchev–Trinajstić information content (AvgIpc) is 2.26. The van der Waals surface area contributed by atoms with Crippen LogP contribution >= 0.6 is 19.7 Å². The molecule has 0 radical (unpaired) electrons. The van der Waals surface area contributed by atoms with Gasteiger partial charge in [-0.15, -0.1) is 0 Å². The molecule has 1 unspecified atom stereocenters. The number of rotatable bonds is 7. The van der Waals surface area contributed by atoms with Crippen LogP contribution in [0.3, 0.4) is 0 Å². The molecule has 0 heterocycles. The van der Waals surface area contributed by atoms with Gasteiger partial charge in [0.05, 0.1) is 11.9 Å². The summed E-state index contributed by atoms with van der Waals surface area (Å²) in [5, 5.41) is 0. The van der Waals surface area contributed by atoms with Gasteiger partial charge in [-0.2, -0.15) is 4.08 Å². The second-order valence-electron chi connectivity index (χ2n) is 2.92. The van der Waals surface area contributed by atoms with Gasteiger partial charge in [0.1, 0.15) is 0 Å². The quantitative estimate of drug-likeness (QED) is 0.511. The Labute approximate surface area is 89.5 Å². The van der Waals surface area contributed by atoms with Gasteiger partial charge in [-0.3, -0.25) is 0 Å². The highest BCUT2D eigenvalue weighted by atomic mass is 35.5. The van der Waals surface area contributed by atoms with E-state index in [0.717, 1.165) is 0 Å². The van der Waals surface area contributed by atoms with E-state index in [0.29, 0.717) is 18.1 Å². The number of hydrogen-bond acceptors (Lipinski definition) is 4. The summed E-state index contributed by atoms with van der Waals surface area (Å²) in [5.41, 5.74) is 0. The summed E-state index contributed by atoms with van der Waals surface area (Å²) in [6, 6.07) is 2.11.